The summed E-state index contributed by atoms with van der Waals surface area (Å²) < 4.78 is 7.24. The van der Waals surface area contributed by atoms with Gasteiger partial charge in [-0.3, -0.25) is 14.3 Å². The number of fused-ring (bicyclic) bond motifs is 1. The van der Waals surface area contributed by atoms with E-state index in [-0.39, 0.29) is 18.5 Å². The fourth-order valence-electron chi connectivity index (χ4n) is 3.49. The average Bonchev–Trinajstić information content (AvgIpc) is 3.08. The molecule has 1 atom stereocenters. The highest BCUT2D eigenvalue weighted by Gasteiger charge is 2.34. The third-order valence-electron chi connectivity index (χ3n) is 4.79. The molecule has 2 aromatic rings. The highest BCUT2D eigenvalue weighted by atomic mass is 35.5. The standard InChI is InChI=1S/C22H28ClN3O3/c1-5-6-7-17-13-25(14-20(27)29-22(2,3)4)21(28)19-12-18(24-26(17)19)15-8-10-16(23)11-9-15/h8-12,17H,5-7,13-14H2,1-4H3. The Hall–Kier alpha value is -2.34. The lowest BCUT2D eigenvalue weighted by Gasteiger charge is -2.33. The molecule has 1 aromatic heterocycles. The van der Waals surface area contributed by atoms with Gasteiger partial charge in [0, 0.05) is 17.1 Å². The van der Waals surface area contributed by atoms with E-state index >= 15 is 0 Å². The molecule has 0 spiro atoms. The first-order valence-corrected chi connectivity index (χ1v) is 10.4. The molecule has 0 saturated heterocycles. The van der Waals surface area contributed by atoms with Crippen molar-refractivity contribution >= 4 is 23.5 Å². The zero-order valence-electron chi connectivity index (χ0n) is 17.4. The van der Waals surface area contributed by atoms with Gasteiger partial charge in [-0.05, 0) is 45.4 Å². The number of carbonyl (C=O) groups is 2. The summed E-state index contributed by atoms with van der Waals surface area (Å²) in [5.41, 5.74) is 1.55. The van der Waals surface area contributed by atoms with E-state index in [0.717, 1.165) is 30.5 Å². The minimum atomic E-state index is -0.582. The summed E-state index contributed by atoms with van der Waals surface area (Å²) in [6, 6.07) is 9.22. The second-order valence-corrected chi connectivity index (χ2v) is 8.87. The Balaban J connectivity index is 1.88. The summed E-state index contributed by atoms with van der Waals surface area (Å²) in [5, 5.41) is 5.37. The number of carbonyl (C=O) groups excluding carboxylic acids is 2. The number of aromatic nitrogens is 2. The van der Waals surface area contributed by atoms with Crippen molar-refractivity contribution in [1.29, 1.82) is 0 Å². The number of rotatable bonds is 6. The smallest absolute Gasteiger partial charge is 0.326 e. The molecule has 1 unspecified atom stereocenters. The lowest BCUT2D eigenvalue weighted by atomic mass is 10.1. The van der Waals surface area contributed by atoms with Crippen molar-refractivity contribution in [3.05, 3.63) is 41.0 Å². The van der Waals surface area contributed by atoms with E-state index < -0.39 is 11.6 Å². The molecule has 0 fully saturated rings. The van der Waals surface area contributed by atoms with Gasteiger partial charge in [0.2, 0.25) is 0 Å². The van der Waals surface area contributed by atoms with Gasteiger partial charge < -0.3 is 9.64 Å². The minimum Gasteiger partial charge on any atom is -0.459 e. The Labute approximate surface area is 176 Å². The van der Waals surface area contributed by atoms with Gasteiger partial charge in [0.1, 0.15) is 17.8 Å². The Morgan fingerprint density at radius 2 is 1.97 bits per heavy atom. The maximum atomic E-state index is 13.1. The number of unbranched alkanes of at least 4 members (excludes halogenated alkanes) is 1. The molecular formula is C22H28ClN3O3. The zero-order chi connectivity index (χ0) is 21.2. The molecule has 29 heavy (non-hydrogen) atoms. The fraction of sp³-hybridized carbons (Fsp3) is 0.500. The Morgan fingerprint density at radius 1 is 1.28 bits per heavy atom. The van der Waals surface area contributed by atoms with Crippen LogP contribution in [-0.4, -0.2) is 45.2 Å². The van der Waals surface area contributed by atoms with Crippen LogP contribution in [0.25, 0.3) is 11.3 Å². The highest BCUT2D eigenvalue weighted by molar-refractivity contribution is 6.30. The van der Waals surface area contributed by atoms with Crippen LogP contribution in [0.1, 0.15) is 63.5 Å². The van der Waals surface area contributed by atoms with Gasteiger partial charge >= 0.3 is 5.97 Å². The summed E-state index contributed by atoms with van der Waals surface area (Å²) >= 11 is 5.99. The molecule has 0 N–H and O–H groups in total. The second-order valence-electron chi connectivity index (χ2n) is 8.43. The molecule has 156 valence electrons. The van der Waals surface area contributed by atoms with Gasteiger partial charge in [0.25, 0.3) is 5.91 Å². The molecule has 1 aliphatic heterocycles. The van der Waals surface area contributed by atoms with E-state index in [1.807, 2.05) is 37.6 Å². The number of halogens is 1. The summed E-state index contributed by atoms with van der Waals surface area (Å²) in [6.07, 6.45) is 2.97. The average molecular weight is 418 g/mol. The number of ether oxygens (including phenoxy) is 1. The Morgan fingerprint density at radius 3 is 2.59 bits per heavy atom. The van der Waals surface area contributed by atoms with E-state index in [1.54, 1.807) is 23.1 Å². The third-order valence-corrected chi connectivity index (χ3v) is 5.04. The first-order valence-electron chi connectivity index (χ1n) is 10.0. The fourth-order valence-corrected chi connectivity index (χ4v) is 3.62. The van der Waals surface area contributed by atoms with E-state index in [4.69, 9.17) is 21.4 Å². The van der Waals surface area contributed by atoms with Crippen molar-refractivity contribution in [2.24, 2.45) is 0 Å². The van der Waals surface area contributed by atoms with Gasteiger partial charge in [0.15, 0.2) is 0 Å². The first-order chi connectivity index (χ1) is 13.7. The molecule has 1 aliphatic rings. The van der Waals surface area contributed by atoms with Gasteiger partial charge in [-0.2, -0.15) is 5.10 Å². The summed E-state index contributed by atoms with van der Waals surface area (Å²) in [5.74, 6) is -0.595. The molecule has 0 radical (unpaired) electrons. The quantitative estimate of drug-likeness (QED) is 0.637. The van der Waals surface area contributed by atoms with Crippen molar-refractivity contribution in [2.45, 2.75) is 58.6 Å². The molecule has 7 heteroatoms. The van der Waals surface area contributed by atoms with Crippen LogP contribution < -0.4 is 0 Å². The van der Waals surface area contributed by atoms with Crippen molar-refractivity contribution < 1.29 is 14.3 Å². The molecule has 3 rings (SSSR count). The maximum absolute atomic E-state index is 13.1. The topological polar surface area (TPSA) is 64.4 Å². The number of amides is 1. The van der Waals surface area contributed by atoms with Crippen LogP contribution in [-0.2, 0) is 9.53 Å². The lowest BCUT2D eigenvalue weighted by molar-refractivity contribution is -0.155. The van der Waals surface area contributed by atoms with E-state index in [9.17, 15) is 9.59 Å². The monoisotopic (exact) mass is 417 g/mol. The van der Waals surface area contributed by atoms with Crippen LogP contribution >= 0.6 is 11.6 Å². The van der Waals surface area contributed by atoms with Crippen molar-refractivity contribution in [3.8, 4) is 11.3 Å². The zero-order valence-corrected chi connectivity index (χ0v) is 18.2. The van der Waals surface area contributed by atoms with Crippen LogP contribution in [0.3, 0.4) is 0 Å². The van der Waals surface area contributed by atoms with Gasteiger partial charge in [-0.1, -0.05) is 43.5 Å². The number of benzene rings is 1. The largest absolute Gasteiger partial charge is 0.459 e. The lowest BCUT2D eigenvalue weighted by Crippen LogP contribution is -2.46. The first kappa shape index (κ1) is 21.4. The predicted molar refractivity (Wildman–Crippen MR) is 113 cm³/mol. The summed E-state index contributed by atoms with van der Waals surface area (Å²) in [6.45, 7) is 7.99. The Kier molecular flexibility index (Phi) is 6.32. The molecule has 6 nitrogen and oxygen atoms in total. The van der Waals surface area contributed by atoms with Crippen LogP contribution in [0, 0.1) is 0 Å². The maximum Gasteiger partial charge on any atom is 0.326 e. The molecule has 0 aliphatic carbocycles. The second kappa shape index (κ2) is 8.57. The normalized spacial score (nSPS) is 16.7. The molecule has 0 saturated carbocycles. The number of esters is 1. The third kappa shape index (κ3) is 5.18. The van der Waals surface area contributed by atoms with E-state index in [1.165, 1.54) is 0 Å². The van der Waals surface area contributed by atoms with Crippen molar-refractivity contribution in [3.63, 3.8) is 0 Å². The van der Waals surface area contributed by atoms with Crippen LogP contribution in [0.5, 0.6) is 0 Å². The number of nitrogens with zero attached hydrogens (tertiary/aromatic N) is 3. The number of hydrogen-bond donors (Lipinski definition) is 0. The van der Waals surface area contributed by atoms with Gasteiger partial charge in [-0.15, -0.1) is 0 Å². The molecule has 0 bridgehead atoms. The number of hydrogen-bond acceptors (Lipinski definition) is 4. The predicted octanol–water partition coefficient (Wildman–Crippen LogP) is 4.73. The molecular weight excluding hydrogens is 390 g/mol. The summed E-state index contributed by atoms with van der Waals surface area (Å²) in [4.78, 5) is 27.0. The van der Waals surface area contributed by atoms with E-state index in [2.05, 4.69) is 6.92 Å². The van der Waals surface area contributed by atoms with Crippen LogP contribution in [0.2, 0.25) is 5.02 Å². The SMILES string of the molecule is CCCCC1CN(CC(=O)OC(C)(C)C)C(=O)c2cc(-c3ccc(Cl)cc3)nn21. The van der Waals surface area contributed by atoms with Crippen LogP contribution in [0.4, 0.5) is 0 Å². The van der Waals surface area contributed by atoms with Gasteiger partial charge in [0.05, 0.1) is 11.7 Å². The van der Waals surface area contributed by atoms with Crippen LogP contribution in [0.15, 0.2) is 30.3 Å². The minimum absolute atomic E-state index is 0.0335. The molecule has 2 heterocycles. The Bertz CT molecular complexity index is 884. The molecule has 1 amide bonds. The molecule has 1 aromatic carbocycles. The van der Waals surface area contributed by atoms with E-state index in [0.29, 0.717) is 17.3 Å². The van der Waals surface area contributed by atoms with Gasteiger partial charge in [-0.25, -0.2) is 0 Å². The van der Waals surface area contributed by atoms with Crippen molar-refractivity contribution in [1.82, 2.24) is 14.7 Å². The highest BCUT2D eigenvalue weighted by Crippen LogP contribution is 2.29. The summed E-state index contributed by atoms with van der Waals surface area (Å²) in [7, 11) is 0. The van der Waals surface area contributed by atoms with Crippen molar-refractivity contribution in [2.75, 3.05) is 13.1 Å².